The molecule has 6 nitrogen and oxygen atoms in total. The number of sulfonamides is 1. The monoisotopic (exact) mass is 465 g/mol. The minimum atomic E-state index is -3.69. The molecule has 0 atom stereocenters. The first-order valence-electron chi connectivity index (χ1n) is 9.53. The number of para-hydroxylation sites is 1. The summed E-state index contributed by atoms with van der Waals surface area (Å²) in [5, 5.41) is 1.57. The largest absolute Gasteiger partial charge is 0.350 e. The van der Waals surface area contributed by atoms with Crippen molar-refractivity contribution in [1.82, 2.24) is 13.8 Å². The van der Waals surface area contributed by atoms with E-state index in [1.54, 1.807) is 4.90 Å². The Labute approximate surface area is 185 Å². The van der Waals surface area contributed by atoms with Crippen LogP contribution in [0.25, 0.3) is 10.9 Å². The second-order valence-electron chi connectivity index (χ2n) is 7.32. The summed E-state index contributed by atoms with van der Waals surface area (Å²) in [5.74, 6) is -0.00191. The van der Waals surface area contributed by atoms with Crippen molar-refractivity contribution in [2.24, 2.45) is 7.05 Å². The fourth-order valence-corrected chi connectivity index (χ4v) is 5.62. The molecule has 1 amide bonds. The Bertz CT molecular complexity index is 1220. The predicted octanol–water partition coefficient (Wildman–Crippen LogP) is 3.56. The molecule has 4 rings (SSSR count). The van der Waals surface area contributed by atoms with E-state index in [0.29, 0.717) is 24.5 Å². The first kappa shape index (κ1) is 21.2. The number of hydrogen-bond donors (Lipinski definition) is 0. The van der Waals surface area contributed by atoms with Crippen LogP contribution in [-0.2, 0) is 28.3 Å². The van der Waals surface area contributed by atoms with Crippen LogP contribution in [0.2, 0.25) is 10.0 Å². The third-order valence-electron chi connectivity index (χ3n) is 5.44. The molecule has 1 aliphatic rings. The number of benzene rings is 2. The molecule has 2 aromatic carbocycles. The van der Waals surface area contributed by atoms with E-state index in [9.17, 15) is 13.2 Å². The van der Waals surface area contributed by atoms with Gasteiger partial charge in [-0.1, -0.05) is 41.4 Å². The second kappa shape index (κ2) is 8.23. The zero-order chi connectivity index (χ0) is 21.5. The molecular weight excluding hydrogens is 445 g/mol. The SMILES string of the molecule is Cn1cc(CC(=O)N2CCN(S(=O)(=O)c3ccc(Cl)c(Cl)c3)CC2)c2ccccc21. The van der Waals surface area contributed by atoms with Gasteiger partial charge in [-0.2, -0.15) is 4.31 Å². The van der Waals surface area contributed by atoms with E-state index in [0.717, 1.165) is 16.5 Å². The summed E-state index contributed by atoms with van der Waals surface area (Å²) in [6, 6.07) is 12.2. The molecule has 0 bridgehead atoms. The zero-order valence-electron chi connectivity index (χ0n) is 16.4. The molecule has 1 aromatic heterocycles. The van der Waals surface area contributed by atoms with Crippen molar-refractivity contribution >= 4 is 50.0 Å². The molecule has 30 heavy (non-hydrogen) atoms. The van der Waals surface area contributed by atoms with Crippen LogP contribution >= 0.6 is 23.2 Å². The molecular formula is C21H21Cl2N3O3S. The Hall–Kier alpha value is -2.06. The molecule has 1 fully saturated rings. The van der Waals surface area contributed by atoms with E-state index in [1.807, 2.05) is 42.1 Å². The Morgan fingerprint density at radius 2 is 1.70 bits per heavy atom. The number of aryl methyl sites for hydroxylation is 1. The van der Waals surface area contributed by atoms with Crippen LogP contribution < -0.4 is 0 Å². The van der Waals surface area contributed by atoms with E-state index in [-0.39, 0.29) is 28.9 Å². The van der Waals surface area contributed by atoms with Crippen molar-refractivity contribution in [3.8, 4) is 0 Å². The zero-order valence-corrected chi connectivity index (χ0v) is 18.7. The number of aromatic nitrogens is 1. The summed E-state index contributed by atoms with van der Waals surface area (Å²) in [6.07, 6.45) is 2.27. The van der Waals surface area contributed by atoms with E-state index < -0.39 is 10.0 Å². The van der Waals surface area contributed by atoms with E-state index in [1.165, 1.54) is 22.5 Å². The maximum Gasteiger partial charge on any atom is 0.243 e. The van der Waals surface area contributed by atoms with Crippen LogP contribution in [0.15, 0.2) is 53.6 Å². The van der Waals surface area contributed by atoms with Crippen molar-refractivity contribution in [3.05, 3.63) is 64.3 Å². The molecule has 0 unspecified atom stereocenters. The highest BCUT2D eigenvalue weighted by atomic mass is 35.5. The first-order chi connectivity index (χ1) is 14.3. The summed E-state index contributed by atoms with van der Waals surface area (Å²) in [5.41, 5.74) is 2.06. The molecule has 0 N–H and O–H groups in total. The topological polar surface area (TPSA) is 62.6 Å². The number of halogens is 2. The Balaban J connectivity index is 1.43. The predicted molar refractivity (Wildman–Crippen MR) is 118 cm³/mol. The lowest BCUT2D eigenvalue weighted by atomic mass is 10.1. The average Bonchev–Trinajstić information content (AvgIpc) is 3.05. The third kappa shape index (κ3) is 3.95. The molecule has 1 aliphatic heterocycles. The van der Waals surface area contributed by atoms with Gasteiger partial charge in [0.25, 0.3) is 0 Å². The maximum atomic E-state index is 12.9. The molecule has 0 aliphatic carbocycles. The number of fused-ring (bicyclic) bond motifs is 1. The van der Waals surface area contributed by atoms with Gasteiger partial charge in [0.1, 0.15) is 0 Å². The summed E-state index contributed by atoms with van der Waals surface area (Å²) < 4.78 is 29.2. The molecule has 2 heterocycles. The third-order valence-corrected chi connectivity index (χ3v) is 8.08. The van der Waals surface area contributed by atoms with Crippen molar-refractivity contribution in [2.75, 3.05) is 26.2 Å². The van der Waals surface area contributed by atoms with Gasteiger partial charge < -0.3 is 9.47 Å². The Morgan fingerprint density at radius 3 is 2.40 bits per heavy atom. The van der Waals surface area contributed by atoms with Crippen molar-refractivity contribution in [3.63, 3.8) is 0 Å². The van der Waals surface area contributed by atoms with Crippen LogP contribution in [-0.4, -0.2) is 54.3 Å². The summed E-state index contributed by atoms with van der Waals surface area (Å²) >= 11 is 11.9. The molecule has 0 saturated carbocycles. The van der Waals surface area contributed by atoms with Crippen molar-refractivity contribution in [2.45, 2.75) is 11.3 Å². The lowest BCUT2D eigenvalue weighted by Crippen LogP contribution is -2.50. The highest BCUT2D eigenvalue weighted by Gasteiger charge is 2.30. The van der Waals surface area contributed by atoms with Crippen LogP contribution in [0, 0.1) is 0 Å². The van der Waals surface area contributed by atoms with Gasteiger partial charge in [0.2, 0.25) is 15.9 Å². The fraction of sp³-hybridized carbons (Fsp3) is 0.286. The standard InChI is InChI=1S/C21H21Cl2N3O3S/c1-24-14-15(17-4-2-3-5-20(17)24)12-21(27)25-8-10-26(11-9-25)30(28,29)16-6-7-18(22)19(23)13-16/h2-7,13-14H,8-12H2,1H3. The highest BCUT2D eigenvalue weighted by Crippen LogP contribution is 2.27. The van der Waals surface area contributed by atoms with E-state index in [2.05, 4.69) is 0 Å². The Morgan fingerprint density at radius 1 is 1.00 bits per heavy atom. The van der Waals surface area contributed by atoms with Gasteiger partial charge >= 0.3 is 0 Å². The van der Waals surface area contributed by atoms with Crippen LogP contribution in [0.3, 0.4) is 0 Å². The molecule has 0 radical (unpaired) electrons. The molecule has 158 valence electrons. The van der Waals surface area contributed by atoms with E-state index >= 15 is 0 Å². The number of amides is 1. The van der Waals surface area contributed by atoms with Gasteiger partial charge in [0.05, 0.1) is 21.4 Å². The number of rotatable bonds is 4. The van der Waals surface area contributed by atoms with Gasteiger partial charge in [-0.25, -0.2) is 8.42 Å². The fourth-order valence-electron chi connectivity index (χ4n) is 3.81. The lowest BCUT2D eigenvalue weighted by Gasteiger charge is -2.34. The smallest absolute Gasteiger partial charge is 0.243 e. The van der Waals surface area contributed by atoms with Gasteiger partial charge in [0, 0.05) is 50.3 Å². The molecule has 9 heteroatoms. The lowest BCUT2D eigenvalue weighted by molar-refractivity contribution is -0.131. The van der Waals surface area contributed by atoms with Crippen LogP contribution in [0.5, 0.6) is 0 Å². The number of carbonyl (C=O) groups is 1. The molecule has 0 spiro atoms. The number of hydrogen-bond acceptors (Lipinski definition) is 3. The van der Waals surface area contributed by atoms with Gasteiger partial charge in [-0.05, 0) is 29.8 Å². The first-order valence-corrected chi connectivity index (χ1v) is 11.7. The summed E-state index contributed by atoms with van der Waals surface area (Å²) in [6.45, 7) is 1.18. The summed E-state index contributed by atoms with van der Waals surface area (Å²) in [4.78, 5) is 14.7. The van der Waals surface area contributed by atoms with Crippen molar-refractivity contribution < 1.29 is 13.2 Å². The quantitative estimate of drug-likeness (QED) is 0.591. The number of carbonyl (C=O) groups excluding carboxylic acids is 1. The average molecular weight is 466 g/mol. The molecule has 1 saturated heterocycles. The van der Waals surface area contributed by atoms with E-state index in [4.69, 9.17) is 23.2 Å². The highest BCUT2D eigenvalue weighted by molar-refractivity contribution is 7.89. The van der Waals surface area contributed by atoms with Crippen LogP contribution in [0.1, 0.15) is 5.56 Å². The normalized spacial score (nSPS) is 15.6. The van der Waals surface area contributed by atoms with Crippen molar-refractivity contribution in [1.29, 1.82) is 0 Å². The van der Waals surface area contributed by atoms with Crippen LogP contribution in [0.4, 0.5) is 0 Å². The maximum absolute atomic E-state index is 12.9. The minimum Gasteiger partial charge on any atom is -0.350 e. The number of piperazine rings is 1. The van der Waals surface area contributed by atoms with Gasteiger partial charge in [-0.15, -0.1) is 0 Å². The number of nitrogens with zero attached hydrogens (tertiary/aromatic N) is 3. The Kier molecular flexibility index (Phi) is 5.81. The second-order valence-corrected chi connectivity index (χ2v) is 10.1. The minimum absolute atomic E-state index is 0.00191. The van der Waals surface area contributed by atoms with Gasteiger partial charge in [-0.3, -0.25) is 4.79 Å². The van der Waals surface area contributed by atoms with Gasteiger partial charge in [0.15, 0.2) is 0 Å². The molecule has 3 aromatic rings. The summed E-state index contributed by atoms with van der Waals surface area (Å²) in [7, 11) is -1.72.